The van der Waals surface area contributed by atoms with Crippen LogP contribution in [-0.4, -0.2) is 5.11 Å². The van der Waals surface area contributed by atoms with E-state index in [1.807, 2.05) is 31.2 Å². The summed E-state index contributed by atoms with van der Waals surface area (Å²) in [5.41, 5.74) is 7.99. The van der Waals surface area contributed by atoms with Gasteiger partial charge in [-0.25, -0.2) is 0 Å². The van der Waals surface area contributed by atoms with Crippen LogP contribution in [-0.2, 0) is 0 Å². The second kappa shape index (κ2) is 5.65. The summed E-state index contributed by atoms with van der Waals surface area (Å²) in [6, 6.07) is 8.18. The normalized spacial score (nSPS) is 21.1. The van der Waals surface area contributed by atoms with Crippen LogP contribution in [0.2, 0.25) is 0 Å². The fraction of sp³-hybridized carbons (Fsp3) is 0.600. The predicted molar refractivity (Wildman–Crippen MR) is 70.6 cm³/mol. The van der Waals surface area contributed by atoms with E-state index in [4.69, 9.17) is 5.73 Å². The predicted octanol–water partition coefficient (Wildman–Crippen LogP) is 3.32. The molecule has 0 aromatic heterocycles. The molecule has 1 saturated carbocycles. The van der Waals surface area contributed by atoms with Crippen molar-refractivity contribution in [3.8, 4) is 0 Å². The largest absolute Gasteiger partial charge is 0.388 e. The molecule has 2 nitrogen and oxygen atoms in total. The number of hydrogen-bond acceptors (Lipinski definition) is 2. The zero-order chi connectivity index (χ0) is 12.3. The third-order valence-corrected chi connectivity index (χ3v) is 3.90. The molecule has 1 aliphatic rings. The molecule has 1 aromatic carbocycles. The minimum atomic E-state index is -0.294. The van der Waals surface area contributed by atoms with Crippen LogP contribution in [0.25, 0.3) is 0 Å². The number of aliphatic hydroxyl groups is 1. The monoisotopic (exact) mass is 233 g/mol. The Kier molecular flexibility index (Phi) is 4.19. The molecule has 1 aromatic rings. The number of nitrogens with two attached hydrogens (primary N) is 1. The van der Waals surface area contributed by atoms with Gasteiger partial charge < -0.3 is 10.8 Å². The maximum Gasteiger partial charge on any atom is 0.0818 e. The van der Waals surface area contributed by atoms with Gasteiger partial charge in [0.1, 0.15) is 0 Å². The summed E-state index contributed by atoms with van der Waals surface area (Å²) < 4.78 is 0. The molecule has 2 rings (SSSR count). The van der Waals surface area contributed by atoms with E-state index in [9.17, 15) is 5.11 Å². The smallest absolute Gasteiger partial charge is 0.0818 e. The molecule has 0 bridgehead atoms. The van der Waals surface area contributed by atoms with Gasteiger partial charge in [-0.05, 0) is 36.8 Å². The summed E-state index contributed by atoms with van der Waals surface area (Å²) in [5.74, 6) is 0.449. The third-order valence-electron chi connectivity index (χ3n) is 3.90. The maximum absolute atomic E-state index is 10.3. The Balaban J connectivity index is 2.05. The highest BCUT2D eigenvalue weighted by molar-refractivity contribution is 5.26. The molecule has 0 aliphatic heterocycles. The molecular formula is C15H23NO. The minimum Gasteiger partial charge on any atom is -0.388 e. The summed E-state index contributed by atoms with van der Waals surface area (Å²) in [5, 5.41) is 10.3. The molecule has 0 heterocycles. The van der Waals surface area contributed by atoms with Crippen molar-refractivity contribution in [1.29, 1.82) is 0 Å². The highest BCUT2D eigenvalue weighted by Crippen LogP contribution is 2.34. The van der Waals surface area contributed by atoms with Crippen LogP contribution in [0.15, 0.2) is 24.3 Å². The van der Waals surface area contributed by atoms with Gasteiger partial charge in [-0.2, -0.15) is 0 Å². The first-order valence-electron chi connectivity index (χ1n) is 6.72. The third kappa shape index (κ3) is 3.08. The highest BCUT2D eigenvalue weighted by Gasteiger charge is 2.22. The molecule has 2 atom stereocenters. The van der Waals surface area contributed by atoms with E-state index in [2.05, 4.69) is 0 Å². The van der Waals surface area contributed by atoms with Gasteiger partial charge in [-0.1, -0.05) is 43.5 Å². The molecule has 1 aliphatic carbocycles. The molecule has 0 saturated heterocycles. The van der Waals surface area contributed by atoms with Crippen LogP contribution in [0.5, 0.6) is 0 Å². The number of hydrogen-bond donors (Lipinski definition) is 2. The lowest BCUT2D eigenvalue weighted by Crippen LogP contribution is -2.16. The van der Waals surface area contributed by atoms with E-state index in [1.54, 1.807) is 0 Å². The van der Waals surface area contributed by atoms with Crippen molar-refractivity contribution in [2.24, 2.45) is 11.7 Å². The van der Waals surface area contributed by atoms with Gasteiger partial charge in [-0.15, -0.1) is 0 Å². The van der Waals surface area contributed by atoms with E-state index in [-0.39, 0.29) is 12.1 Å². The van der Waals surface area contributed by atoms with Crippen LogP contribution in [0.1, 0.15) is 62.3 Å². The Morgan fingerprint density at radius 2 is 1.59 bits per heavy atom. The molecule has 0 radical (unpaired) electrons. The standard InChI is InChI=1S/C15H23NO/c1-11(16)12-7-9-14(10-8-12)15(17)13-5-3-2-4-6-13/h7-11,13,15,17H,2-6,16H2,1H3. The zero-order valence-corrected chi connectivity index (χ0v) is 10.6. The van der Waals surface area contributed by atoms with E-state index < -0.39 is 0 Å². The highest BCUT2D eigenvalue weighted by atomic mass is 16.3. The van der Waals surface area contributed by atoms with Gasteiger partial charge in [-0.3, -0.25) is 0 Å². The lowest BCUT2D eigenvalue weighted by atomic mass is 9.82. The van der Waals surface area contributed by atoms with Crippen LogP contribution >= 0.6 is 0 Å². The van der Waals surface area contributed by atoms with Crippen molar-refractivity contribution < 1.29 is 5.11 Å². The van der Waals surface area contributed by atoms with E-state index in [0.29, 0.717) is 5.92 Å². The molecule has 2 unspecified atom stereocenters. The summed E-state index contributed by atoms with van der Waals surface area (Å²) in [6.07, 6.45) is 5.89. The Morgan fingerprint density at radius 3 is 2.12 bits per heavy atom. The van der Waals surface area contributed by atoms with E-state index >= 15 is 0 Å². The number of benzene rings is 1. The summed E-state index contributed by atoms with van der Waals surface area (Å²) >= 11 is 0. The van der Waals surface area contributed by atoms with Crippen molar-refractivity contribution in [2.45, 2.75) is 51.2 Å². The van der Waals surface area contributed by atoms with Gasteiger partial charge in [0.15, 0.2) is 0 Å². The minimum absolute atomic E-state index is 0.0656. The Morgan fingerprint density at radius 1 is 1.06 bits per heavy atom. The van der Waals surface area contributed by atoms with Crippen molar-refractivity contribution in [1.82, 2.24) is 0 Å². The van der Waals surface area contributed by atoms with Gasteiger partial charge in [0.2, 0.25) is 0 Å². The fourth-order valence-electron chi connectivity index (χ4n) is 2.72. The Hall–Kier alpha value is -0.860. The Bertz CT molecular complexity index is 338. The van der Waals surface area contributed by atoms with Gasteiger partial charge in [0.25, 0.3) is 0 Å². The topological polar surface area (TPSA) is 46.2 Å². The molecule has 17 heavy (non-hydrogen) atoms. The quantitative estimate of drug-likeness (QED) is 0.841. The van der Waals surface area contributed by atoms with Crippen molar-refractivity contribution in [3.05, 3.63) is 35.4 Å². The molecule has 3 N–H and O–H groups in total. The molecule has 0 spiro atoms. The van der Waals surface area contributed by atoms with Gasteiger partial charge >= 0.3 is 0 Å². The van der Waals surface area contributed by atoms with Gasteiger partial charge in [0.05, 0.1) is 6.10 Å². The van der Waals surface area contributed by atoms with Crippen LogP contribution < -0.4 is 5.73 Å². The Labute approximate surface area is 104 Å². The van der Waals surface area contributed by atoms with Crippen LogP contribution in [0, 0.1) is 5.92 Å². The SMILES string of the molecule is CC(N)c1ccc(C(O)C2CCCCC2)cc1. The average molecular weight is 233 g/mol. The first kappa shape index (κ1) is 12.6. The molecular weight excluding hydrogens is 210 g/mol. The number of rotatable bonds is 3. The van der Waals surface area contributed by atoms with E-state index in [0.717, 1.165) is 24.0 Å². The summed E-state index contributed by atoms with van der Waals surface area (Å²) in [6.45, 7) is 1.98. The lowest BCUT2D eigenvalue weighted by Gasteiger charge is -2.27. The van der Waals surface area contributed by atoms with Crippen molar-refractivity contribution in [3.63, 3.8) is 0 Å². The molecule has 1 fully saturated rings. The van der Waals surface area contributed by atoms with Gasteiger partial charge in [0, 0.05) is 6.04 Å². The molecule has 94 valence electrons. The second-order valence-electron chi connectivity index (χ2n) is 5.30. The fourth-order valence-corrected chi connectivity index (χ4v) is 2.72. The first-order chi connectivity index (χ1) is 8.18. The summed E-state index contributed by atoms with van der Waals surface area (Å²) in [4.78, 5) is 0. The molecule has 2 heteroatoms. The second-order valence-corrected chi connectivity index (χ2v) is 5.30. The van der Waals surface area contributed by atoms with E-state index in [1.165, 1.54) is 19.3 Å². The van der Waals surface area contributed by atoms with Crippen molar-refractivity contribution in [2.75, 3.05) is 0 Å². The van der Waals surface area contributed by atoms with Crippen LogP contribution in [0.3, 0.4) is 0 Å². The number of aliphatic hydroxyl groups excluding tert-OH is 1. The average Bonchev–Trinajstić information content (AvgIpc) is 2.39. The lowest BCUT2D eigenvalue weighted by molar-refractivity contribution is 0.0848. The summed E-state index contributed by atoms with van der Waals surface area (Å²) in [7, 11) is 0. The first-order valence-corrected chi connectivity index (χ1v) is 6.72. The zero-order valence-electron chi connectivity index (χ0n) is 10.6. The van der Waals surface area contributed by atoms with Crippen LogP contribution in [0.4, 0.5) is 0 Å². The van der Waals surface area contributed by atoms with Crippen molar-refractivity contribution >= 4 is 0 Å². The molecule has 0 amide bonds. The maximum atomic E-state index is 10.3.